The number of carbonyl (C=O) groups excluding carboxylic acids is 1. The average Bonchev–Trinajstić information content (AvgIpc) is 2.91. The number of aliphatic imine (C=N–C) groups is 1. The molecule has 1 saturated heterocycles. The SMILES string of the molecule is CN=C(NCCCCCCC(=O)OC)NCCCN1CCCCCC1.I. The Morgan fingerprint density at radius 2 is 1.58 bits per heavy atom. The molecule has 0 unspecified atom stereocenters. The van der Waals surface area contributed by atoms with E-state index in [1.54, 1.807) is 0 Å². The highest BCUT2D eigenvalue weighted by Gasteiger charge is 2.08. The van der Waals surface area contributed by atoms with Crippen molar-refractivity contribution >= 4 is 35.9 Å². The third-order valence-electron chi connectivity index (χ3n) is 4.69. The van der Waals surface area contributed by atoms with Gasteiger partial charge >= 0.3 is 5.97 Å². The lowest BCUT2D eigenvalue weighted by atomic mass is 10.1. The Labute approximate surface area is 176 Å². The van der Waals surface area contributed by atoms with E-state index in [-0.39, 0.29) is 29.9 Å². The standard InChI is InChI=1S/C19H38N4O2.HI/c1-20-19(21-13-8-4-3-7-12-18(24)25-2)22-14-11-17-23-15-9-5-6-10-16-23;/h3-17H2,1-2H3,(H2,20,21,22);1H. The second-order valence-corrected chi connectivity index (χ2v) is 6.78. The van der Waals surface area contributed by atoms with Gasteiger partial charge in [-0.3, -0.25) is 9.79 Å². The van der Waals surface area contributed by atoms with Gasteiger partial charge in [0, 0.05) is 26.6 Å². The highest BCUT2D eigenvalue weighted by atomic mass is 127. The number of carbonyl (C=O) groups is 1. The Morgan fingerprint density at radius 1 is 0.962 bits per heavy atom. The highest BCUT2D eigenvalue weighted by molar-refractivity contribution is 14.0. The van der Waals surface area contributed by atoms with E-state index in [2.05, 4.69) is 25.3 Å². The molecule has 6 nitrogen and oxygen atoms in total. The summed E-state index contributed by atoms with van der Waals surface area (Å²) in [6.45, 7) is 5.61. The molecule has 7 heteroatoms. The van der Waals surface area contributed by atoms with Gasteiger partial charge in [0.25, 0.3) is 0 Å². The van der Waals surface area contributed by atoms with Crippen LogP contribution in [0.5, 0.6) is 0 Å². The normalized spacial score (nSPS) is 15.7. The molecule has 1 rings (SSSR count). The zero-order valence-corrected chi connectivity index (χ0v) is 19.1. The van der Waals surface area contributed by atoms with Crippen molar-refractivity contribution in [2.75, 3.05) is 46.9 Å². The zero-order chi connectivity index (χ0) is 18.2. The molecular formula is C19H39IN4O2. The summed E-state index contributed by atoms with van der Waals surface area (Å²) in [7, 11) is 3.26. The van der Waals surface area contributed by atoms with Crippen molar-refractivity contribution < 1.29 is 9.53 Å². The van der Waals surface area contributed by atoms with Crippen LogP contribution in [0.4, 0.5) is 0 Å². The number of halogens is 1. The third kappa shape index (κ3) is 13.6. The first kappa shape index (κ1) is 25.4. The smallest absolute Gasteiger partial charge is 0.305 e. The van der Waals surface area contributed by atoms with Crippen LogP contribution in [0.15, 0.2) is 4.99 Å². The number of ether oxygens (including phenoxy) is 1. The quantitative estimate of drug-likeness (QED) is 0.156. The van der Waals surface area contributed by atoms with Gasteiger partial charge in [0.05, 0.1) is 7.11 Å². The Kier molecular flexibility index (Phi) is 17.4. The number of guanidine groups is 1. The van der Waals surface area contributed by atoms with Gasteiger partial charge in [-0.15, -0.1) is 24.0 Å². The van der Waals surface area contributed by atoms with Crippen LogP contribution in [0.1, 0.15) is 64.2 Å². The van der Waals surface area contributed by atoms with Gasteiger partial charge in [0.15, 0.2) is 5.96 Å². The predicted octanol–water partition coefficient (Wildman–Crippen LogP) is 3.16. The lowest BCUT2D eigenvalue weighted by molar-refractivity contribution is -0.140. The van der Waals surface area contributed by atoms with Crippen molar-refractivity contribution in [1.29, 1.82) is 0 Å². The molecular weight excluding hydrogens is 443 g/mol. The molecule has 1 aliphatic heterocycles. The number of unbranched alkanes of at least 4 members (excludes halogenated alkanes) is 3. The summed E-state index contributed by atoms with van der Waals surface area (Å²) in [4.78, 5) is 17.9. The van der Waals surface area contributed by atoms with E-state index in [0.717, 1.165) is 51.2 Å². The van der Waals surface area contributed by atoms with Crippen molar-refractivity contribution in [1.82, 2.24) is 15.5 Å². The topological polar surface area (TPSA) is 66.0 Å². The number of esters is 1. The Hall–Kier alpha value is -0.570. The molecule has 1 fully saturated rings. The second kappa shape index (κ2) is 17.8. The fourth-order valence-electron chi connectivity index (χ4n) is 3.15. The lowest BCUT2D eigenvalue weighted by Gasteiger charge is -2.20. The van der Waals surface area contributed by atoms with Gasteiger partial charge in [0.1, 0.15) is 0 Å². The fourth-order valence-corrected chi connectivity index (χ4v) is 3.15. The highest BCUT2D eigenvalue weighted by Crippen LogP contribution is 2.09. The summed E-state index contributed by atoms with van der Waals surface area (Å²) in [6, 6.07) is 0. The zero-order valence-electron chi connectivity index (χ0n) is 16.7. The van der Waals surface area contributed by atoms with Crippen LogP contribution in [0.2, 0.25) is 0 Å². The largest absolute Gasteiger partial charge is 0.469 e. The first-order chi connectivity index (χ1) is 12.3. The lowest BCUT2D eigenvalue weighted by Crippen LogP contribution is -2.39. The maximum atomic E-state index is 11.0. The van der Waals surface area contributed by atoms with Gasteiger partial charge in [-0.25, -0.2) is 0 Å². The van der Waals surface area contributed by atoms with E-state index in [9.17, 15) is 4.79 Å². The molecule has 0 atom stereocenters. The molecule has 1 heterocycles. The molecule has 0 spiro atoms. The predicted molar refractivity (Wildman–Crippen MR) is 119 cm³/mol. The van der Waals surface area contributed by atoms with Gasteiger partial charge < -0.3 is 20.3 Å². The summed E-state index contributed by atoms with van der Waals surface area (Å²) in [5.74, 6) is 0.785. The fraction of sp³-hybridized carbons (Fsp3) is 0.895. The van der Waals surface area contributed by atoms with Crippen LogP contribution >= 0.6 is 24.0 Å². The first-order valence-electron chi connectivity index (χ1n) is 10.00. The first-order valence-corrected chi connectivity index (χ1v) is 10.00. The second-order valence-electron chi connectivity index (χ2n) is 6.78. The monoisotopic (exact) mass is 482 g/mol. The maximum Gasteiger partial charge on any atom is 0.305 e. The number of nitrogens with zero attached hydrogens (tertiary/aromatic N) is 2. The summed E-state index contributed by atoms with van der Waals surface area (Å²) in [5, 5.41) is 6.76. The van der Waals surface area contributed by atoms with E-state index >= 15 is 0 Å². The summed E-state index contributed by atoms with van der Waals surface area (Å²) >= 11 is 0. The number of hydrogen-bond donors (Lipinski definition) is 2. The number of likely N-dealkylation sites (tertiary alicyclic amines) is 1. The third-order valence-corrected chi connectivity index (χ3v) is 4.69. The van der Waals surface area contributed by atoms with Crippen LogP contribution < -0.4 is 10.6 Å². The van der Waals surface area contributed by atoms with Crippen molar-refractivity contribution in [3.05, 3.63) is 0 Å². The van der Waals surface area contributed by atoms with E-state index in [1.165, 1.54) is 52.4 Å². The Balaban J connectivity index is 0.00000625. The van der Waals surface area contributed by atoms with Gasteiger partial charge in [0.2, 0.25) is 0 Å². The number of hydrogen-bond acceptors (Lipinski definition) is 4. The van der Waals surface area contributed by atoms with E-state index in [4.69, 9.17) is 0 Å². The molecule has 0 aromatic carbocycles. The van der Waals surface area contributed by atoms with Crippen molar-refractivity contribution in [2.24, 2.45) is 4.99 Å². The van der Waals surface area contributed by atoms with Crippen molar-refractivity contribution in [2.45, 2.75) is 64.2 Å². The minimum absolute atomic E-state index is 0. The molecule has 26 heavy (non-hydrogen) atoms. The van der Waals surface area contributed by atoms with E-state index in [1.807, 2.05) is 7.05 Å². The molecule has 1 aliphatic rings. The Morgan fingerprint density at radius 3 is 2.19 bits per heavy atom. The van der Waals surface area contributed by atoms with E-state index < -0.39 is 0 Å². The van der Waals surface area contributed by atoms with Crippen LogP contribution in [0.3, 0.4) is 0 Å². The molecule has 0 aromatic rings. The van der Waals surface area contributed by atoms with Crippen LogP contribution in [-0.2, 0) is 9.53 Å². The van der Waals surface area contributed by atoms with Crippen molar-refractivity contribution in [3.8, 4) is 0 Å². The van der Waals surface area contributed by atoms with Gasteiger partial charge in [-0.1, -0.05) is 25.7 Å². The summed E-state index contributed by atoms with van der Waals surface area (Å²) in [6.07, 6.45) is 11.4. The van der Waals surface area contributed by atoms with E-state index in [0.29, 0.717) is 6.42 Å². The Bertz CT molecular complexity index is 373. The molecule has 0 aromatic heterocycles. The molecule has 2 N–H and O–H groups in total. The molecule has 154 valence electrons. The minimum Gasteiger partial charge on any atom is -0.469 e. The summed E-state index contributed by atoms with van der Waals surface area (Å²) in [5.41, 5.74) is 0. The molecule has 0 radical (unpaired) electrons. The van der Waals surface area contributed by atoms with Crippen LogP contribution in [0, 0.1) is 0 Å². The molecule has 0 amide bonds. The number of rotatable bonds is 11. The van der Waals surface area contributed by atoms with Crippen molar-refractivity contribution in [3.63, 3.8) is 0 Å². The van der Waals surface area contributed by atoms with Crippen LogP contribution in [0.25, 0.3) is 0 Å². The number of methoxy groups -OCH3 is 1. The molecule has 0 bridgehead atoms. The van der Waals surface area contributed by atoms with Crippen LogP contribution in [-0.4, -0.2) is 63.7 Å². The van der Waals surface area contributed by atoms with Gasteiger partial charge in [-0.2, -0.15) is 0 Å². The van der Waals surface area contributed by atoms with Gasteiger partial charge in [-0.05, 0) is 51.7 Å². The summed E-state index contributed by atoms with van der Waals surface area (Å²) < 4.78 is 4.64. The average molecular weight is 482 g/mol. The molecule has 0 saturated carbocycles. The number of nitrogens with one attached hydrogen (secondary N) is 2. The minimum atomic E-state index is -0.108. The maximum absolute atomic E-state index is 11.0. The molecule has 0 aliphatic carbocycles.